The molecule has 0 aliphatic heterocycles. The second kappa shape index (κ2) is 4.11. The first-order valence-corrected chi connectivity index (χ1v) is 6.00. The van der Waals surface area contributed by atoms with Crippen LogP contribution in [0.4, 0.5) is 0 Å². The summed E-state index contributed by atoms with van der Waals surface area (Å²) in [7, 11) is 0. The summed E-state index contributed by atoms with van der Waals surface area (Å²) < 4.78 is 0. The molecule has 0 saturated heterocycles. The molecule has 86 valence electrons. The predicted molar refractivity (Wildman–Crippen MR) is 64.8 cm³/mol. The second-order valence-corrected chi connectivity index (χ2v) is 6.18. The first kappa shape index (κ1) is 12.5. The molecule has 0 aromatic carbocycles. The molecule has 1 aliphatic rings. The van der Waals surface area contributed by atoms with Crippen molar-refractivity contribution in [3.05, 3.63) is 11.6 Å². The van der Waals surface area contributed by atoms with Crippen molar-refractivity contribution in [3.8, 4) is 0 Å². The minimum Gasteiger partial charge on any atom is -0.294 e. The fourth-order valence-electron chi connectivity index (χ4n) is 1.79. The molecular weight excluding hydrogens is 184 g/mol. The van der Waals surface area contributed by atoms with Crippen molar-refractivity contribution in [2.45, 2.75) is 60.3 Å². The molecule has 0 radical (unpaired) electrons. The number of rotatable bonds is 2. The van der Waals surface area contributed by atoms with Crippen molar-refractivity contribution in [2.24, 2.45) is 10.8 Å². The van der Waals surface area contributed by atoms with Crippen LogP contribution in [0.1, 0.15) is 60.3 Å². The van der Waals surface area contributed by atoms with Gasteiger partial charge in [0.05, 0.1) is 0 Å². The third-order valence-corrected chi connectivity index (χ3v) is 4.03. The standard InChI is InChI=1S/C14H24O/c1-13(2,3)14(4,5)12(15)11-9-7-6-8-10-11/h9H,6-8,10H2,1-5H3. The van der Waals surface area contributed by atoms with Gasteiger partial charge >= 0.3 is 0 Å². The fourth-order valence-corrected chi connectivity index (χ4v) is 1.79. The highest BCUT2D eigenvalue weighted by molar-refractivity contribution is 5.99. The summed E-state index contributed by atoms with van der Waals surface area (Å²) in [6, 6.07) is 0. The Kier molecular flexibility index (Phi) is 3.42. The average molecular weight is 208 g/mol. The Hall–Kier alpha value is -0.590. The third-order valence-electron chi connectivity index (χ3n) is 4.03. The fraction of sp³-hybridized carbons (Fsp3) is 0.786. The van der Waals surface area contributed by atoms with Gasteiger partial charge in [-0.25, -0.2) is 0 Å². The number of allylic oxidation sites excluding steroid dienone is 2. The SMILES string of the molecule is CC(C)(C)C(C)(C)C(=O)C1=CCCCC1. The molecule has 0 saturated carbocycles. The molecule has 0 atom stereocenters. The van der Waals surface area contributed by atoms with Crippen LogP contribution in [0.15, 0.2) is 11.6 Å². The molecular formula is C14H24O. The van der Waals surface area contributed by atoms with Gasteiger partial charge < -0.3 is 0 Å². The van der Waals surface area contributed by atoms with Gasteiger partial charge in [-0.05, 0) is 36.7 Å². The summed E-state index contributed by atoms with van der Waals surface area (Å²) in [6.07, 6.45) is 6.64. The van der Waals surface area contributed by atoms with Crippen LogP contribution in [0, 0.1) is 10.8 Å². The van der Waals surface area contributed by atoms with Gasteiger partial charge in [0.15, 0.2) is 5.78 Å². The smallest absolute Gasteiger partial charge is 0.164 e. The van der Waals surface area contributed by atoms with Crippen LogP contribution < -0.4 is 0 Å². The summed E-state index contributed by atoms with van der Waals surface area (Å²) in [5.74, 6) is 0.356. The lowest BCUT2D eigenvalue weighted by Crippen LogP contribution is -2.38. The molecule has 1 rings (SSSR count). The van der Waals surface area contributed by atoms with E-state index in [9.17, 15) is 4.79 Å². The van der Waals surface area contributed by atoms with E-state index in [-0.39, 0.29) is 10.8 Å². The molecule has 0 bridgehead atoms. The number of carbonyl (C=O) groups is 1. The van der Waals surface area contributed by atoms with E-state index < -0.39 is 0 Å². The van der Waals surface area contributed by atoms with Gasteiger partial charge in [-0.3, -0.25) is 4.79 Å². The zero-order valence-corrected chi connectivity index (χ0v) is 10.8. The maximum atomic E-state index is 12.4. The monoisotopic (exact) mass is 208 g/mol. The van der Waals surface area contributed by atoms with Crippen LogP contribution in [0.2, 0.25) is 0 Å². The molecule has 0 N–H and O–H groups in total. The van der Waals surface area contributed by atoms with E-state index in [1.54, 1.807) is 0 Å². The lowest BCUT2D eigenvalue weighted by atomic mass is 9.64. The van der Waals surface area contributed by atoms with E-state index >= 15 is 0 Å². The topological polar surface area (TPSA) is 17.1 Å². The van der Waals surface area contributed by atoms with Gasteiger partial charge in [-0.2, -0.15) is 0 Å². The first-order valence-electron chi connectivity index (χ1n) is 6.00. The minimum atomic E-state index is -0.254. The molecule has 0 aromatic heterocycles. The molecule has 0 heterocycles. The van der Waals surface area contributed by atoms with E-state index in [4.69, 9.17) is 0 Å². The van der Waals surface area contributed by atoms with Crippen molar-refractivity contribution in [1.82, 2.24) is 0 Å². The van der Waals surface area contributed by atoms with Crippen LogP contribution >= 0.6 is 0 Å². The summed E-state index contributed by atoms with van der Waals surface area (Å²) in [5.41, 5.74) is 0.847. The Balaban J connectivity index is 2.88. The molecule has 1 aliphatic carbocycles. The lowest BCUT2D eigenvalue weighted by molar-refractivity contribution is -0.128. The van der Waals surface area contributed by atoms with Gasteiger partial charge in [0.25, 0.3) is 0 Å². The maximum absolute atomic E-state index is 12.4. The summed E-state index contributed by atoms with van der Waals surface area (Å²) >= 11 is 0. The van der Waals surface area contributed by atoms with Gasteiger partial charge in [-0.15, -0.1) is 0 Å². The highest BCUT2D eigenvalue weighted by Gasteiger charge is 2.40. The van der Waals surface area contributed by atoms with Crippen molar-refractivity contribution in [2.75, 3.05) is 0 Å². The molecule has 0 fully saturated rings. The van der Waals surface area contributed by atoms with Crippen molar-refractivity contribution in [1.29, 1.82) is 0 Å². The number of hydrogen-bond donors (Lipinski definition) is 0. The number of Topliss-reactive ketones (excluding diaryl/α,β-unsaturated/α-hetero) is 1. The minimum absolute atomic E-state index is 0.0301. The van der Waals surface area contributed by atoms with Crippen LogP contribution in [-0.2, 0) is 4.79 Å². The molecule has 0 aromatic rings. The van der Waals surface area contributed by atoms with E-state index in [2.05, 4.69) is 40.7 Å². The zero-order chi connectivity index (χ0) is 11.7. The molecule has 1 heteroatoms. The van der Waals surface area contributed by atoms with Crippen LogP contribution in [0.5, 0.6) is 0 Å². The van der Waals surface area contributed by atoms with Crippen molar-refractivity contribution in [3.63, 3.8) is 0 Å². The second-order valence-electron chi connectivity index (χ2n) is 6.18. The molecule has 15 heavy (non-hydrogen) atoms. The van der Waals surface area contributed by atoms with Crippen molar-refractivity contribution >= 4 is 5.78 Å². The molecule has 1 nitrogen and oxygen atoms in total. The van der Waals surface area contributed by atoms with Gasteiger partial charge in [-0.1, -0.05) is 40.7 Å². The van der Waals surface area contributed by atoms with Crippen molar-refractivity contribution < 1.29 is 4.79 Å². The highest BCUT2D eigenvalue weighted by Crippen LogP contribution is 2.41. The Morgan fingerprint density at radius 3 is 2.13 bits per heavy atom. The van der Waals surface area contributed by atoms with Crippen LogP contribution in [0.25, 0.3) is 0 Å². The van der Waals surface area contributed by atoms with Gasteiger partial charge in [0.1, 0.15) is 0 Å². The summed E-state index contributed by atoms with van der Waals surface area (Å²) in [5, 5.41) is 0. The Morgan fingerprint density at radius 2 is 1.73 bits per heavy atom. The molecule has 0 amide bonds. The van der Waals surface area contributed by atoms with E-state index in [1.807, 2.05) is 0 Å². The molecule has 0 unspecified atom stereocenters. The number of carbonyl (C=O) groups excluding carboxylic acids is 1. The lowest BCUT2D eigenvalue weighted by Gasteiger charge is -2.38. The Bertz CT molecular complexity index is 276. The van der Waals surface area contributed by atoms with E-state index in [0.29, 0.717) is 5.78 Å². The highest BCUT2D eigenvalue weighted by atomic mass is 16.1. The first-order chi connectivity index (χ1) is 6.77. The molecule has 0 spiro atoms. The van der Waals surface area contributed by atoms with Gasteiger partial charge in [0.2, 0.25) is 0 Å². The summed E-state index contributed by atoms with van der Waals surface area (Å²) in [6.45, 7) is 10.6. The Morgan fingerprint density at radius 1 is 1.13 bits per heavy atom. The summed E-state index contributed by atoms with van der Waals surface area (Å²) in [4.78, 5) is 12.4. The van der Waals surface area contributed by atoms with Crippen LogP contribution in [0.3, 0.4) is 0 Å². The maximum Gasteiger partial charge on any atom is 0.164 e. The quantitative estimate of drug-likeness (QED) is 0.667. The predicted octanol–water partition coefficient (Wildman–Crippen LogP) is 4.13. The van der Waals surface area contributed by atoms with E-state index in [0.717, 1.165) is 18.4 Å². The Labute approximate surface area is 93.9 Å². The van der Waals surface area contributed by atoms with E-state index in [1.165, 1.54) is 12.8 Å². The zero-order valence-electron chi connectivity index (χ0n) is 10.8. The third kappa shape index (κ3) is 2.50. The number of hydrogen-bond acceptors (Lipinski definition) is 1. The largest absolute Gasteiger partial charge is 0.294 e. The van der Waals surface area contributed by atoms with Crippen LogP contribution in [-0.4, -0.2) is 5.78 Å². The normalized spacial score (nSPS) is 18.6. The van der Waals surface area contributed by atoms with Gasteiger partial charge in [0, 0.05) is 5.41 Å². The average Bonchev–Trinajstić information content (AvgIpc) is 2.16. The number of ketones is 1.